The predicted octanol–water partition coefficient (Wildman–Crippen LogP) is 0.999. The average molecular weight is 240 g/mol. The van der Waals surface area contributed by atoms with Gasteiger partial charge < -0.3 is 15.4 Å². The van der Waals surface area contributed by atoms with Crippen LogP contribution in [0.4, 0.5) is 0 Å². The predicted molar refractivity (Wildman–Crippen MR) is 66.5 cm³/mol. The largest absolute Gasteiger partial charge is 0.381 e. The summed E-state index contributed by atoms with van der Waals surface area (Å²) in [5.74, 6) is 0.932. The first-order chi connectivity index (χ1) is 8.10. The fourth-order valence-corrected chi connectivity index (χ4v) is 2.72. The molecule has 2 fully saturated rings. The van der Waals surface area contributed by atoms with E-state index < -0.39 is 0 Å². The molecule has 0 bridgehead atoms. The molecule has 2 rings (SSSR count). The van der Waals surface area contributed by atoms with Crippen molar-refractivity contribution in [1.82, 2.24) is 4.90 Å². The van der Waals surface area contributed by atoms with Gasteiger partial charge in [-0.3, -0.25) is 4.79 Å². The Balaban J connectivity index is 2.04. The van der Waals surface area contributed by atoms with E-state index in [9.17, 15) is 4.79 Å². The van der Waals surface area contributed by atoms with Crippen LogP contribution in [0.25, 0.3) is 0 Å². The lowest BCUT2D eigenvalue weighted by atomic mass is 9.78. The zero-order valence-electron chi connectivity index (χ0n) is 10.9. The first-order valence-electron chi connectivity index (χ1n) is 6.66. The van der Waals surface area contributed by atoms with Gasteiger partial charge in [0, 0.05) is 32.8 Å². The Labute approximate surface area is 103 Å². The number of nitrogens with zero attached hydrogens (tertiary/aromatic N) is 1. The van der Waals surface area contributed by atoms with Crippen molar-refractivity contribution in [3.05, 3.63) is 0 Å². The number of ether oxygens (including phenoxy) is 1. The number of hydrogen-bond donors (Lipinski definition) is 1. The fourth-order valence-electron chi connectivity index (χ4n) is 2.72. The molecule has 1 aliphatic heterocycles. The third kappa shape index (κ3) is 2.47. The molecule has 1 heterocycles. The lowest BCUT2D eigenvalue weighted by molar-refractivity contribution is -0.148. The van der Waals surface area contributed by atoms with Gasteiger partial charge in [-0.2, -0.15) is 0 Å². The van der Waals surface area contributed by atoms with E-state index in [1.165, 1.54) is 12.8 Å². The highest BCUT2D eigenvalue weighted by Gasteiger charge is 2.43. The van der Waals surface area contributed by atoms with Gasteiger partial charge in [-0.1, -0.05) is 0 Å². The zero-order valence-corrected chi connectivity index (χ0v) is 10.9. The molecule has 1 atom stereocenters. The summed E-state index contributed by atoms with van der Waals surface area (Å²) in [5.41, 5.74) is 5.50. The van der Waals surface area contributed by atoms with Crippen molar-refractivity contribution < 1.29 is 9.53 Å². The van der Waals surface area contributed by atoms with Crippen molar-refractivity contribution in [3.8, 4) is 0 Å². The molecule has 2 N–H and O–H groups in total. The van der Waals surface area contributed by atoms with Crippen LogP contribution < -0.4 is 5.73 Å². The van der Waals surface area contributed by atoms with Crippen LogP contribution in [0.1, 0.15) is 32.6 Å². The number of amides is 1. The van der Waals surface area contributed by atoms with E-state index in [4.69, 9.17) is 10.5 Å². The standard InChI is InChI=1S/C13H24N2O2/c1-10(11-3-4-11)15(2)12(16)13(9-14)5-7-17-8-6-13/h10-11H,3-9,14H2,1-2H3. The molecular weight excluding hydrogens is 216 g/mol. The van der Waals surface area contributed by atoms with Crippen molar-refractivity contribution in [2.24, 2.45) is 17.1 Å². The van der Waals surface area contributed by atoms with Crippen LogP contribution in [0.2, 0.25) is 0 Å². The van der Waals surface area contributed by atoms with Crippen molar-refractivity contribution in [1.29, 1.82) is 0 Å². The number of hydrogen-bond acceptors (Lipinski definition) is 3. The molecule has 0 aromatic heterocycles. The third-order valence-corrected chi connectivity index (χ3v) is 4.53. The Hall–Kier alpha value is -0.610. The number of nitrogens with two attached hydrogens (primary N) is 1. The Kier molecular flexibility index (Phi) is 3.73. The molecule has 17 heavy (non-hydrogen) atoms. The zero-order chi connectivity index (χ0) is 12.5. The van der Waals surface area contributed by atoms with Crippen LogP contribution in [0.3, 0.4) is 0 Å². The van der Waals surface area contributed by atoms with Gasteiger partial charge in [0.05, 0.1) is 5.41 Å². The minimum atomic E-state index is -0.365. The molecule has 4 nitrogen and oxygen atoms in total. The first kappa shape index (κ1) is 12.8. The van der Waals surface area contributed by atoms with Crippen molar-refractivity contribution in [3.63, 3.8) is 0 Å². The van der Waals surface area contributed by atoms with Crippen LogP contribution in [-0.4, -0.2) is 43.7 Å². The summed E-state index contributed by atoms with van der Waals surface area (Å²) >= 11 is 0. The van der Waals surface area contributed by atoms with E-state index in [1.807, 2.05) is 11.9 Å². The van der Waals surface area contributed by atoms with Crippen molar-refractivity contribution >= 4 is 5.91 Å². The van der Waals surface area contributed by atoms with Crippen LogP contribution in [-0.2, 0) is 9.53 Å². The molecule has 1 saturated heterocycles. The third-order valence-electron chi connectivity index (χ3n) is 4.53. The highest BCUT2D eigenvalue weighted by atomic mass is 16.5. The maximum atomic E-state index is 12.6. The number of carbonyl (C=O) groups is 1. The van der Waals surface area contributed by atoms with Crippen LogP contribution in [0.15, 0.2) is 0 Å². The molecule has 1 unspecified atom stereocenters. The Morgan fingerprint density at radius 2 is 2.06 bits per heavy atom. The maximum absolute atomic E-state index is 12.6. The second kappa shape index (κ2) is 4.94. The van der Waals surface area contributed by atoms with E-state index in [-0.39, 0.29) is 11.3 Å². The van der Waals surface area contributed by atoms with Gasteiger partial charge >= 0.3 is 0 Å². The Bertz CT molecular complexity index is 283. The van der Waals surface area contributed by atoms with E-state index in [0.29, 0.717) is 31.7 Å². The SMILES string of the molecule is CC(C1CC1)N(C)C(=O)C1(CN)CCOCC1. The minimum absolute atomic E-state index is 0.225. The second-order valence-electron chi connectivity index (χ2n) is 5.59. The van der Waals surface area contributed by atoms with E-state index in [2.05, 4.69) is 6.92 Å². The smallest absolute Gasteiger partial charge is 0.230 e. The highest BCUT2D eigenvalue weighted by Crippen LogP contribution is 2.38. The molecule has 98 valence electrons. The molecule has 4 heteroatoms. The molecule has 1 aliphatic carbocycles. The Morgan fingerprint density at radius 3 is 2.53 bits per heavy atom. The molecule has 2 aliphatic rings. The number of carbonyl (C=O) groups excluding carboxylic acids is 1. The van der Waals surface area contributed by atoms with E-state index >= 15 is 0 Å². The molecular formula is C13H24N2O2. The summed E-state index contributed by atoms with van der Waals surface area (Å²) < 4.78 is 5.35. The van der Waals surface area contributed by atoms with Gasteiger partial charge in [0.25, 0.3) is 0 Å². The van der Waals surface area contributed by atoms with Gasteiger partial charge in [0.1, 0.15) is 0 Å². The first-order valence-corrected chi connectivity index (χ1v) is 6.66. The maximum Gasteiger partial charge on any atom is 0.230 e. The van der Waals surface area contributed by atoms with Crippen molar-refractivity contribution in [2.45, 2.75) is 38.6 Å². The summed E-state index contributed by atoms with van der Waals surface area (Å²) in [5, 5.41) is 0. The number of rotatable bonds is 4. The fraction of sp³-hybridized carbons (Fsp3) is 0.923. The summed E-state index contributed by atoms with van der Waals surface area (Å²) in [6, 6.07) is 0.355. The van der Waals surface area contributed by atoms with Crippen molar-refractivity contribution in [2.75, 3.05) is 26.8 Å². The molecule has 0 spiro atoms. The lowest BCUT2D eigenvalue weighted by Gasteiger charge is -2.39. The minimum Gasteiger partial charge on any atom is -0.381 e. The highest BCUT2D eigenvalue weighted by molar-refractivity contribution is 5.83. The summed E-state index contributed by atoms with van der Waals surface area (Å²) in [4.78, 5) is 14.5. The molecule has 1 saturated carbocycles. The molecule has 0 aromatic rings. The normalized spacial score (nSPS) is 25.4. The van der Waals surface area contributed by atoms with E-state index in [0.717, 1.165) is 12.8 Å². The van der Waals surface area contributed by atoms with Crippen LogP contribution in [0, 0.1) is 11.3 Å². The average Bonchev–Trinajstić information content (AvgIpc) is 3.21. The van der Waals surface area contributed by atoms with Gasteiger partial charge in [-0.15, -0.1) is 0 Å². The van der Waals surface area contributed by atoms with Crippen LogP contribution in [0.5, 0.6) is 0 Å². The summed E-state index contributed by atoms with van der Waals surface area (Å²) in [7, 11) is 1.93. The van der Waals surface area contributed by atoms with Gasteiger partial charge in [-0.25, -0.2) is 0 Å². The summed E-state index contributed by atoms with van der Waals surface area (Å²) in [6.07, 6.45) is 4.06. The monoisotopic (exact) mass is 240 g/mol. The molecule has 0 aromatic carbocycles. The van der Waals surface area contributed by atoms with Crippen LogP contribution >= 0.6 is 0 Å². The lowest BCUT2D eigenvalue weighted by Crippen LogP contribution is -2.52. The molecule has 1 amide bonds. The quantitative estimate of drug-likeness (QED) is 0.797. The topological polar surface area (TPSA) is 55.6 Å². The second-order valence-corrected chi connectivity index (χ2v) is 5.59. The Morgan fingerprint density at radius 1 is 1.47 bits per heavy atom. The summed E-state index contributed by atoms with van der Waals surface area (Å²) in [6.45, 7) is 3.92. The van der Waals surface area contributed by atoms with Gasteiger partial charge in [0.15, 0.2) is 0 Å². The van der Waals surface area contributed by atoms with Gasteiger partial charge in [0.2, 0.25) is 5.91 Å². The van der Waals surface area contributed by atoms with E-state index in [1.54, 1.807) is 0 Å². The van der Waals surface area contributed by atoms with Gasteiger partial charge in [-0.05, 0) is 38.5 Å². The molecule has 0 radical (unpaired) electrons.